The number of thiazole rings is 1. The van der Waals surface area contributed by atoms with Crippen LogP contribution in [0.3, 0.4) is 0 Å². The summed E-state index contributed by atoms with van der Waals surface area (Å²) in [6, 6.07) is 0.456. The van der Waals surface area contributed by atoms with Crippen molar-refractivity contribution in [3.63, 3.8) is 0 Å². The van der Waals surface area contributed by atoms with Crippen LogP contribution in [-0.4, -0.2) is 29.1 Å². The molecular weight excluding hydrogens is 212 g/mol. The first-order valence-corrected chi connectivity index (χ1v) is 5.89. The predicted octanol–water partition coefficient (Wildman–Crippen LogP) is 2.08. The molecule has 1 fully saturated rings. The van der Waals surface area contributed by atoms with Crippen molar-refractivity contribution in [1.29, 1.82) is 0 Å². The Kier molecular flexibility index (Phi) is 2.65. The summed E-state index contributed by atoms with van der Waals surface area (Å²) in [5.41, 5.74) is 0.143. The van der Waals surface area contributed by atoms with Gasteiger partial charge in [-0.05, 0) is 25.7 Å². The van der Waals surface area contributed by atoms with Crippen molar-refractivity contribution in [3.05, 3.63) is 11.1 Å². The molecule has 1 unspecified atom stereocenters. The number of carbonyl (C=O) groups is 1. The van der Waals surface area contributed by atoms with E-state index in [9.17, 15) is 4.79 Å². The van der Waals surface area contributed by atoms with Gasteiger partial charge in [-0.1, -0.05) is 0 Å². The number of rotatable bonds is 4. The summed E-state index contributed by atoms with van der Waals surface area (Å²) < 4.78 is 0. The third kappa shape index (κ3) is 2.12. The molecule has 0 aliphatic heterocycles. The Labute approximate surface area is 92.6 Å². The van der Waals surface area contributed by atoms with Crippen molar-refractivity contribution in [1.82, 2.24) is 4.98 Å². The normalized spacial score (nSPS) is 17.5. The minimum Gasteiger partial charge on any atom is -0.476 e. The number of hydrogen-bond donors (Lipinski definition) is 1. The van der Waals surface area contributed by atoms with E-state index in [4.69, 9.17) is 5.11 Å². The van der Waals surface area contributed by atoms with Crippen LogP contribution in [0, 0.1) is 5.92 Å². The van der Waals surface area contributed by atoms with Gasteiger partial charge in [0.2, 0.25) is 0 Å². The van der Waals surface area contributed by atoms with Crippen molar-refractivity contribution < 1.29 is 9.90 Å². The van der Waals surface area contributed by atoms with Gasteiger partial charge in [-0.25, -0.2) is 9.78 Å². The first-order chi connectivity index (χ1) is 7.09. The van der Waals surface area contributed by atoms with E-state index in [1.807, 2.05) is 7.05 Å². The highest BCUT2D eigenvalue weighted by atomic mass is 32.1. The molecule has 1 aliphatic carbocycles. The zero-order chi connectivity index (χ0) is 11.0. The van der Waals surface area contributed by atoms with E-state index in [2.05, 4.69) is 16.8 Å². The number of carboxylic acid groups (broad SMARTS) is 1. The van der Waals surface area contributed by atoms with Crippen LogP contribution in [0.25, 0.3) is 0 Å². The molecule has 0 amide bonds. The van der Waals surface area contributed by atoms with Crippen LogP contribution in [0.4, 0.5) is 5.13 Å². The number of aromatic carboxylic acids is 1. The van der Waals surface area contributed by atoms with E-state index >= 15 is 0 Å². The van der Waals surface area contributed by atoms with Gasteiger partial charge in [-0.15, -0.1) is 11.3 Å². The second kappa shape index (κ2) is 3.81. The molecule has 1 atom stereocenters. The number of hydrogen-bond acceptors (Lipinski definition) is 4. The van der Waals surface area contributed by atoms with E-state index in [1.165, 1.54) is 24.2 Å². The van der Waals surface area contributed by atoms with Crippen molar-refractivity contribution in [2.75, 3.05) is 11.9 Å². The zero-order valence-electron chi connectivity index (χ0n) is 8.80. The highest BCUT2D eigenvalue weighted by molar-refractivity contribution is 7.13. The smallest absolute Gasteiger partial charge is 0.355 e. The summed E-state index contributed by atoms with van der Waals surface area (Å²) in [6.07, 6.45) is 2.56. The van der Waals surface area contributed by atoms with Crippen molar-refractivity contribution in [3.8, 4) is 0 Å². The molecule has 4 nitrogen and oxygen atoms in total. The van der Waals surface area contributed by atoms with Gasteiger partial charge in [0.1, 0.15) is 0 Å². The van der Waals surface area contributed by atoms with Crippen LogP contribution in [0.1, 0.15) is 30.3 Å². The van der Waals surface area contributed by atoms with Gasteiger partial charge in [0.15, 0.2) is 10.8 Å². The summed E-state index contributed by atoms with van der Waals surface area (Å²) in [6.45, 7) is 2.17. The number of nitrogens with zero attached hydrogens (tertiary/aromatic N) is 2. The fourth-order valence-corrected chi connectivity index (χ4v) is 2.45. The second-order valence-corrected chi connectivity index (χ2v) is 4.85. The largest absolute Gasteiger partial charge is 0.476 e. The Balaban J connectivity index is 2.10. The minimum absolute atomic E-state index is 0.143. The molecule has 5 heteroatoms. The van der Waals surface area contributed by atoms with Gasteiger partial charge in [-0.2, -0.15) is 0 Å². The number of carboxylic acids is 1. The van der Waals surface area contributed by atoms with E-state index in [0.717, 1.165) is 11.0 Å². The summed E-state index contributed by atoms with van der Waals surface area (Å²) in [4.78, 5) is 16.8. The molecule has 15 heavy (non-hydrogen) atoms. The molecule has 1 aromatic rings. The molecule has 82 valence electrons. The van der Waals surface area contributed by atoms with E-state index in [0.29, 0.717) is 6.04 Å². The first kappa shape index (κ1) is 10.4. The Bertz CT molecular complexity index is 373. The van der Waals surface area contributed by atoms with Gasteiger partial charge in [-0.3, -0.25) is 0 Å². The molecule has 1 N–H and O–H groups in total. The topological polar surface area (TPSA) is 53.4 Å². The Morgan fingerprint density at radius 2 is 2.40 bits per heavy atom. The Hall–Kier alpha value is -1.10. The van der Waals surface area contributed by atoms with Crippen LogP contribution < -0.4 is 4.90 Å². The standard InChI is InChI=1S/C10H14N2O2S/c1-6(7-3-4-7)12(2)10-11-8(5-15-10)9(13)14/h5-7H,3-4H2,1-2H3,(H,13,14). The second-order valence-electron chi connectivity index (χ2n) is 4.01. The van der Waals surface area contributed by atoms with E-state index in [1.54, 1.807) is 5.38 Å². The van der Waals surface area contributed by atoms with Crippen LogP contribution in [-0.2, 0) is 0 Å². The predicted molar refractivity (Wildman–Crippen MR) is 59.7 cm³/mol. The molecule has 1 heterocycles. The molecule has 0 spiro atoms. The van der Waals surface area contributed by atoms with E-state index in [-0.39, 0.29) is 5.69 Å². The van der Waals surface area contributed by atoms with Gasteiger partial charge in [0, 0.05) is 18.5 Å². The Morgan fingerprint density at radius 1 is 1.73 bits per heavy atom. The lowest BCUT2D eigenvalue weighted by Gasteiger charge is -2.23. The SMILES string of the molecule is CC(C1CC1)N(C)c1nc(C(=O)O)cs1. The van der Waals surface area contributed by atoms with Gasteiger partial charge in [0.25, 0.3) is 0 Å². The maximum Gasteiger partial charge on any atom is 0.355 e. The summed E-state index contributed by atoms with van der Waals surface area (Å²) in [5.74, 6) is -0.197. The Morgan fingerprint density at radius 3 is 2.87 bits per heavy atom. The van der Waals surface area contributed by atoms with Crippen LogP contribution >= 0.6 is 11.3 Å². The lowest BCUT2D eigenvalue weighted by atomic mass is 10.2. The average Bonchev–Trinajstić information content (AvgIpc) is 2.93. The maximum absolute atomic E-state index is 10.7. The molecule has 0 bridgehead atoms. The quantitative estimate of drug-likeness (QED) is 0.854. The molecule has 0 radical (unpaired) electrons. The number of aromatic nitrogens is 1. The van der Waals surface area contributed by atoms with Gasteiger partial charge in [0.05, 0.1) is 0 Å². The fourth-order valence-electron chi connectivity index (χ4n) is 1.59. The van der Waals surface area contributed by atoms with Crippen LogP contribution in [0.5, 0.6) is 0 Å². The summed E-state index contributed by atoms with van der Waals surface area (Å²) in [7, 11) is 1.98. The molecule has 1 aromatic heterocycles. The molecule has 0 aromatic carbocycles. The van der Waals surface area contributed by atoms with Crippen molar-refractivity contribution in [2.45, 2.75) is 25.8 Å². The van der Waals surface area contributed by atoms with E-state index < -0.39 is 5.97 Å². The molecule has 2 rings (SSSR count). The first-order valence-electron chi connectivity index (χ1n) is 5.01. The highest BCUT2D eigenvalue weighted by Crippen LogP contribution is 2.36. The summed E-state index contributed by atoms with van der Waals surface area (Å²) in [5, 5.41) is 11.2. The lowest BCUT2D eigenvalue weighted by molar-refractivity contribution is 0.0691. The highest BCUT2D eigenvalue weighted by Gasteiger charge is 2.31. The van der Waals surface area contributed by atoms with Crippen LogP contribution in [0.2, 0.25) is 0 Å². The van der Waals surface area contributed by atoms with Gasteiger partial charge >= 0.3 is 5.97 Å². The monoisotopic (exact) mass is 226 g/mol. The molecule has 1 saturated carbocycles. The maximum atomic E-state index is 10.7. The third-order valence-corrected chi connectivity index (χ3v) is 3.86. The lowest BCUT2D eigenvalue weighted by Crippen LogP contribution is -2.30. The van der Waals surface area contributed by atoms with Crippen molar-refractivity contribution >= 4 is 22.4 Å². The fraction of sp³-hybridized carbons (Fsp3) is 0.600. The molecule has 0 saturated heterocycles. The summed E-state index contributed by atoms with van der Waals surface area (Å²) >= 11 is 1.39. The molecule has 1 aliphatic rings. The van der Waals surface area contributed by atoms with Crippen molar-refractivity contribution in [2.24, 2.45) is 5.92 Å². The molecular formula is C10H14N2O2S. The van der Waals surface area contributed by atoms with Crippen LogP contribution in [0.15, 0.2) is 5.38 Å². The van der Waals surface area contributed by atoms with Gasteiger partial charge < -0.3 is 10.0 Å². The minimum atomic E-state index is -0.954. The average molecular weight is 226 g/mol. The zero-order valence-corrected chi connectivity index (χ0v) is 9.62. The number of anilines is 1. The third-order valence-electron chi connectivity index (χ3n) is 2.93.